The number of nitrogens with zero attached hydrogens (tertiary/aromatic N) is 4. The second-order valence-corrected chi connectivity index (χ2v) is 6.26. The van der Waals surface area contributed by atoms with E-state index in [1.165, 1.54) is 46.2 Å². The van der Waals surface area contributed by atoms with Crippen molar-refractivity contribution in [1.82, 2.24) is 9.78 Å². The zero-order valence-corrected chi connectivity index (χ0v) is 15.0. The average molecular weight is 400 g/mol. The van der Waals surface area contributed by atoms with Crippen molar-refractivity contribution in [3.8, 4) is 11.4 Å². The molecule has 0 N–H and O–H groups in total. The summed E-state index contributed by atoms with van der Waals surface area (Å²) in [5.41, 5.74) is 0.834. The molecule has 0 fully saturated rings. The van der Waals surface area contributed by atoms with Gasteiger partial charge in [0.2, 0.25) is 5.43 Å². The minimum absolute atomic E-state index is 0.0230. The first-order valence-corrected chi connectivity index (χ1v) is 8.73. The van der Waals surface area contributed by atoms with Gasteiger partial charge in [-0.1, -0.05) is 12.1 Å². The lowest BCUT2D eigenvalue weighted by Gasteiger charge is -2.23. The van der Waals surface area contributed by atoms with Crippen LogP contribution in [-0.2, 0) is 0 Å². The summed E-state index contributed by atoms with van der Waals surface area (Å²) in [5, 5.41) is 10.2. The van der Waals surface area contributed by atoms with E-state index < -0.39 is 18.5 Å². The molecular weight excluding hydrogens is 385 g/mol. The van der Waals surface area contributed by atoms with Crippen LogP contribution >= 0.6 is 0 Å². The molecular formula is C20H15F3N4O2. The molecule has 2 heterocycles. The van der Waals surface area contributed by atoms with Gasteiger partial charge in [-0.05, 0) is 30.3 Å². The maximum atomic E-state index is 13.6. The van der Waals surface area contributed by atoms with Crippen LogP contribution in [0.5, 0.6) is 5.75 Å². The molecule has 0 saturated carbocycles. The molecule has 0 saturated heterocycles. The van der Waals surface area contributed by atoms with Crippen LogP contribution in [0.15, 0.2) is 70.7 Å². The number of hydrogen-bond donors (Lipinski definition) is 0. The largest absolute Gasteiger partial charge is 0.435 e. The van der Waals surface area contributed by atoms with Crippen molar-refractivity contribution in [1.29, 1.82) is 0 Å². The predicted molar refractivity (Wildman–Crippen MR) is 101 cm³/mol. The molecule has 1 aliphatic rings. The number of rotatable bonds is 5. The van der Waals surface area contributed by atoms with Gasteiger partial charge in [-0.15, -0.1) is 0 Å². The van der Waals surface area contributed by atoms with E-state index in [1.807, 2.05) is 0 Å². The van der Waals surface area contributed by atoms with Crippen molar-refractivity contribution < 1.29 is 17.9 Å². The monoisotopic (exact) mass is 400 g/mol. The maximum Gasteiger partial charge on any atom is 0.387 e. The van der Waals surface area contributed by atoms with Crippen molar-refractivity contribution >= 4 is 11.9 Å². The molecule has 0 spiro atoms. The van der Waals surface area contributed by atoms with Crippen LogP contribution in [-0.4, -0.2) is 22.6 Å². The Kier molecular flexibility index (Phi) is 5.03. The van der Waals surface area contributed by atoms with Gasteiger partial charge in [-0.25, -0.2) is 9.07 Å². The average Bonchev–Trinajstić information content (AvgIpc) is 3.18. The topological polar surface area (TPSA) is 59.7 Å². The predicted octanol–water partition coefficient (Wildman–Crippen LogP) is 3.91. The van der Waals surface area contributed by atoms with Gasteiger partial charge in [0.15, 0.2) is 0 Å². The number of alkyl halides is 2. The van der Waals surface area contributed by atoms with Crippen LogP contribution in [0.4, 0.5) is 18.9 Å². The lowest BCUT2D eigenvalue weighted by atomic mass is 10.1. The van der Waals surface area contributed by atoms with Crippen LogP contribution < -0.4 is 15.2 Å². The van der Waals surface area contributed by atoms with E-state index in [4.69, 9.17) is 0 Å². The summed E-state index contributed by atoms with van der Waals surface area (Å²) in [6, 6.07) is 12.7. The van der Waals surface area contributed by atoms with Gasteiger partial charge in [0.05, 0.1) is 11.4 Å². The van der Waals surface area contributed by atoms with E-state index in [0.717, 1.165) is 0 Å². The zero-order chi connectivity index (χ0) is 20.4. The number of ether oxygens (including phenoxy) is 1. The molecule has 3 aromatic rings. The SMILES string of the molecule is O=c1ccn(-c2cccc(OC(F)F)c2)nc1C1CC=NN1c1cccc(F)c1. The molecule has 1 aliphatic heterocycles. The third-order valence-electron chi connectivity index (χ3n) is 4.36. The van der Waals surface area contributed by atoms with Crippen molar-refractivity contribution in [3.05, 3.63) is 82.5 Å². The van der Waals surface area contributed by atoms with Crippen LogP contribution in [0, 0.1) is 5.82 Å². The quantitative estimate of drug-likeness (QED) is 0.652. The minimum atomic E-state index is -2.95. The van der Waals surface area contributed by atoms with Gasteiger partial charge in [-0.2, -0.15) is 19.0 Å². The number of hydrogen-bond acceptors (Lipinski definition) is 5. The Morgan fingerprint density at radius 2 is 1.86 bits per heavy atom. The molecule has 4 rings (SSSR count). The van der Waals surface area contributed by atoms with Crippen molar-refractivity contribution in [3.63, 3.8) is 0 Å². The molecule has 0 amide bonds. The normalized spacial score (nSPS) is 15.9. The smallest absolute Gasteiger partial charge is 0.387 e. The number of benzene rings is 2. The zero-order valence-electron chi connectivity index (χ0n) is 15.0. The molecule has 29 heavy (non-hydrogen) atoms. The number of halogens is 3. The van der Waals surface area contributed by atoms with Crippen molar-refractivity contribution in [2.45, 2.75) is 19.1 Å². The Balaban J connectivity index is 1.70. The number of hydrazone groups is 1. The van der Waals surface area contributed by atoms with Gasteiger partial charge in [-0.3, -0.25) is 9.80 Å². The van der Waals surface area contributed by atoms with Crippen molar-refractivity contribution in [2.24, 2.45) is 5.10 Å². The fourth-order valence-corrected chi connectivity index (χ4v) is 3.11. The molecule has 0 bridgehead atoms. The molecule has 9 heteroatoms. The second kappa shape index (κ2) is 7.78. The summed E-state index contributed by atoms with van der Waals surface area (Å²) in [6.07, 6.45) is 3.48. The van der Waals surface area contributed by atoms with Gasteiger partial charge < -0.3 is 4.74 Å². The Hall–Kier alpha value is -3.62. The molecule has 2 aromatic carbocycles. The van der Waals surface area contributed by atoms with Gasteiger partial charge >= 0.3 is 6.61 Å². The molecule has 6 nitrogen and oxygen atoms in total. The Labute approximate surface area is 163 Å². The second-order valence-electron chi connectivity index (χ2n) is 6.26. The summed E-state index contributed by atoms with van der Waals surface area (Å²) < 4.78 is 44.4. The highest BCUT2D eigenvalue weighted by molar-refractivity contribution is 5.67. The number of aromatic nitrogens is 2. The lowest BCUT2D eigenvalue weighted by Crippen LogP contribution is -2.27. The molecule has 148 valence electrons. The van der Waals surface area contributed by atoms with E-state index in [2.05, 4.69) is 14.9 Å². The van der Waals surface area contributed by atoms with Crippen LogP contribution in [0.25, 0.3) is 5.69 Å². The van der Waals surface area contributed by atoms with E-state index in [1.54, 1.807) is 30.5 Å². The number of anilines is 1. The summed E-state index contributed by atoms with van der Waals surface area (Å²) >= 11 is 0. The third kappa shape index (κ3) is 3.98. The lowest BCUT2D eigenvalue weighted by molar-refractivity contribution is -0.0498. The first-order chi connectivity index (χ1) is 14.0. The van der Waals surface area contributed by atoms with Gasteiger partial charge in [0.25, 0.3) is 0 Å². The van der Waals surface area contributed by atoms with Crippen LogP contribution in [0.1, 0.15) is 18.2 Å². The Bertz CT molecular complexity index is 1120. The molecule has 1 atom stereocenters. The summed E-state index contributed by atoms with van der Waals surface area (Å²) in [6.45, 7) is -2.95. The third-order valence-corrected chi connectivity index (χ3v) is 4.36. The molecule has 0 aliphatic carbocycles. The van der Waals surface area contributed by atoms with Gasteiger partial charge in [0, 0.05) is 31.0 Å². The fourth-order valence-electron chi connectivity index (χ4n) is 3.11. The van der Waals surface area contributed by atoms with Gasteiger partial charge in [0.1, 0.15) is 23.3 Å². The summed E-state index contributed by atoms with van der Waals surface area (Å²) in [5.74, 6) is -0.442. The van der Waals surface area contributed by atoms with E-state index in [0.29, 0.717) is 17.8 Å². The van der Waals surface area contributed by atoms with E-state index >= 15 is 0 Å². The van der Waals surface area contributed by atoms with Crippen LogP contribution in [0.2, 0.25) is 0 Å². The van der Waals surface area contributed by atoms with E-state index in [9.17, 15) is 18.0 Å². The fraction of sp³-hybridized carbons (Fsp3) is 0.150. The highest BCUT2D eigenvalue weighted by Crippen LogP contribution is 2.31. The van der Waals surface area contributed by atoms with E-state index in [-0.39, 0.29) is 16.9 Å². The molecule has 1 unspecified atom stereocenters. The molecule has 1 aromatic heterocycles. The first-order valence-electron chi connectivity index (χ1n) is 8.73. The Morgan fingerprint density at radius 1 is 1.07 bits per heavy atom. The van der Waals surface area contributed by atoms with Crippen molar-refractivity contribution in [2.75, 3.05) is 5.01 Å². The highest BCUT2D eigenvalue weighted by Gasteiger charge is 2.28. The maximum absolute atomic E-state index is 13.6. The van der Waals surface area contributed by atoms with Crippen LogP contribution in [0.3, 0.4) is 0 Å². The molecule has 0 radical (unpaired) electrons. The first kappa shape index (κ1) is 18.7. The highest BCUT2D eigenvalue weighted by atomic mass is 19.3. The minimum Gasteiger partial charge on any atom is -0.435 e. The standard InChI is InChI=1S/C20H15F3N4O2/c21-13-3-1-5-15(11-13)27-17(7-9-24-27)19-18(28)8-10-26(25-19)14-4-2-6-16(12-14)29-20(22)23/h1-6,8-12,17,20H,7H2. The Morgan fingerprint density at radius 3 is 2.66 bits per heavy atom. The summed E-state index contributed by atoms with van der Waals surface area (Å²) in [7, 11) is 0. The summed E-state index contributed by atoms with van der Waals surface area (Å²) in [4.78, 5) is 12.5.